The van der Waals surface area contributed by atoms with Gasteiger partial charge in [-0.3, -0.25) is 9.59 Å². The first-order valence-electron chi connectivity index (χ1n) is 23.7. The van der Waals surface area contributed by atoms with Gasteiger partial charge in [0.25, 0.3) is 0 Å². The first-order valence-corrected chi connectivity index (χ1v) is 23.7. The summed E-state index contributed by atoms with van der Waals surface area (Å²) in [6, 6.07) is 0. The van der Waals surface area contributed by atoms with Gasteiger partial charge in [0.1, 0.15) is 5.78 Å². The van der Waals surface area contributed by atoms with Crippen LogP contribution in [0.3, 0.4) is 0 Å². The average molecular weight is 887 g/mol. The molecule has 0 aliphatic carbocycles. The second kappa shape index (κ2) is 22.0. The molecule has 0 aromatic heterocycles. The molecule has 5 rings (SSSR count). The number of aliphatic hydroxyl groups excluding tert-OH is 1. The zero-order valence-corrected chi connectivity index (χ0v) is 42.7. The number of hydrogen-bond donors (Lipinski definition) is 2. The van der Waals surface area contributed by atoms with E-state index in [1.54, 1.807) is 6.92 Å². The van der Waals surface area contributed by atoms with E-state index in [4.69, 9.17) is 28.4 Å². The van der Waals surface area contributed by atoms with Gasteiger partial charge < -0.3 is 48.5 Å². The number of unbranched alkanes of at least 4 members (excludes halogenated alkanes) is 2. The number of ether oxygens (including phenoxy) is 6. The monoisotopic (exact) mass is 887 g/mol. The number of carbonyl (C=O) groups excluding carboxylic acids is 3. The summed E-state index contributed by atoms with van der Waals surface area (Å²) in [6.45, 7) is 21.7. The summed E-state index contributed by atoms with van der Waals surface area (Å²) in [4.78, 5) is 39.8. The Morgan fingerprint density at radius 1 is 0.885 bits per heavy atom. The minimum absolute atomic E-state index is 0. The topological polar surface area (TPSA) is 170 Å². The standard InChI is InChI=1S/C48H80O12.K/c1-12-16-17-18-39(49)57-38-22-24-47(60-48(38)26-25-45(11,59-48)37-21-23-46(54,15-4)33(10)55-37)30(7)27-29(6)43(58-47)35(14-3)41(51)31(8)40(50)32(9)42-28(5)19-20-36(56-42)34(13-2)44(52)53;/h22,24,28-38,40,42-43,50,54H,12-21,23,25-27H2,1-11H3,(H,52,53);/q;+1/p-1/t28-,29-,30+,31-,32-,33-,34+,35-,36+,37+,38+,40+,42+,43-,45-,46+,47-,48-;/m0./s1. The fraction of sp³-hybridized carbons (Fsp3) is 0.896. The van der Waals surface area contributed by atoms with Crippen LogP contribution in [0.5, 0.6) is 0 Å². The van der Waals surface area contributed by atoms with Crippen molar-refractivity contribution in [2.24, 2.45) is 41.4 Å². The van der Waals surface area contributed by atoms with Crippen LogP contribution < -0.4 is 56.5 Å². The average Bonchev–Trinajstić information content (AvgIpc) is 3.55. The van der Waals surface area contributed by atoms with Crippen LogP contribution in [0.25, 0.3) is 0 Å². The Balaban J connectivity index is 0.00000819. The van der Waals surface area contributed by atoms with E-state index in [2.05, 4.69) is 27.7 Å². The SMILES string of the molecule is CCCCCC(=O)O[C@@H]1C=C[C@]2(O[C@H]([C@@H](CC)C(=O)[C@@H](C)[C@@H](O)[C@H](C)[C@@H]3O[C@@H]([C@@H](CC)C(=O)[O-])CC[C@@H]3C)[C@@H](C)C[C@H]2C)O[C@@]12CC[C@@](C)([C@H]1CC[C@](O)(CC)[C@H](C)O1)O2.[K+]. The maximum atomic E-state index is 14.6. The van der Waals surface area contributed by atoms with Gasteiger partial charge in [0, 0.05) is 48.4 Å². The fourth-order valence-corrected chi connectivity index (χ4v) is 11.3. The van der Waals surface area contributed by atoms with Gasteiger partial charge in [-0.15, -0.1) is 0 Å². The van der Waals surface area contributed by atoms with Crippen molar-refractivity contribution in [2.45, 2.75) is 232 Å². The van der Waals surface area contributed by atoms with Crippen LogP contribution in [0.1, 0.15) is 166 Å². The van der Waals surface area contributed by atoms with E-state index < -0.39 is 89.0 Å². The molecule has 2 spiro atoms. The molecule has 13 heteroatoms. The van der Waals surface area contributed by atoms with E-state index in [9.17, 15) is 29.7 Å². The molecule has 5 aliphatic rings. The summed E-state index contributed by atoms with van der Waals surface area (Å²) in [7, 11) is 0. The Kier molecular flexibility index (Phi) is 19.2. The van der Waals surface area contributed by atoms with Gasteiger partial charge in [0.15, 0.2) is 11.9 Å². The first-order chi connectivity index (χ1) is 28.2. The van der Waals surface area contributed by atoms with E-state index in [1.807, 2.05) is 53.7 Å². The molecule has 344 valence electrons. The second-order valence-corrected chi connectivity index (χ2v) is 19.8. The zero-order chi connectivity index (χ0) is 44.4. The summed E-state index contributed by atoms with van der Waals surface area (Å²) < 4.78 is 40.5. The van der Waals surface area contributed by atoms with Gasteiger partial charge in [-0.2, -0.15) is 0 Å². The number of Topliss-reactive ketones (excluding diaryl/α,β-unsaturated/α-hetero) is 1. The maximum absolute atomic E-state index is 14.6. The van der Waals surface area contributed by atoms with Crippen molar-refractivity contribution in [3.8, 4) is 0 Å². The summed E-state index contributed by atoms with van der Waals surface area (Å²) in [5.41, 5.74) is -1.72. The Morgan fingerprint density at radius 3 is 2.18 bits per heavy atom. The molecule has 0 bridgehead atoms. The Bertz CT molecular complexity index is 1510. The summed E-state index contributed by atoms with van der Waals surface area (Å²) in [5.74, 6) is -6.80. The van der Waals surface area contributed by atoms with Gasteiger partial charge in [-0.1, -0.05) is 75.2 Å². The number of carbonyl (C=O) groups is 3. The molecule has 0 amide bonds. The van der Waals surface area contributed by atoms with Crippen LogP contribution in [0.4, 0.5) is 0 Å². The summed E-state index contributed by atoms with van der Waals surface area (Å²) >= 11 is 0. The van der Waals surface area contributed by atoms with Crippen LogP contribution in [0.2, 0.25) is 0 Å². The Labute approximate surface area is 409 Å². The fourth-order valence-electron chi connectivity index (χ4n) is 11.3. The minimum Gasteiger partial charge on any atom is -0.550 e. The molecule has 61 heavy (non-hydrogen) atoms. The van der Waals surface area contributed by atoms with Gasteiger partial charge in [0.2, 0.25) is 5.79 Å². The van der Waals surface area contributed by atoms with E-state index in [-0.39, 0.29) is 93.4 Å². The van der Waals surface area contributed by atoms with Crippen LogP contribution in [0, 0.1) is 41.4 Å². The van der Waals surface area contributed by atoms with Crippen LogP contribution >= 0.6 is 0 Å². The summed E-state index contributed by atoms with van der Waals surface area (Å²) in [6.07, 6.45) is 8.24. The number of carboxylic acids is 1. The van der Waals surface area contributed by atoms with Crippen molar-refractivity contribution in [3.63, 3.8) is 0 Å². The molecule has 5 aliphatic heterocycles. The molecular formula is C48H79KO12. The molecule has 4 fully saturated rings. The van der Waals surface area contributed by atoms with Crippen molar-refractivity contribution in [1.29, 1.82) is 0 Å². The number of aliphatic hydroxyl groups is 2. The molecule has 12 nitrogen and oxygen atoms in total. The third-order valence-electron chi connectivity index (χ3n) is 15.6. The Hall–Kier alpha value is -0.294. The molecule has 18 atom stereocenters. The van der Waals surface area contributed by atoms with E-state index in [0.717, 1.165) is 25.7 Å². The summed E-state index contributed by atoms with van der Waals surface area (Å²) in [5, 5.41) is 34.9. The Morgan fingerprint density at radius 2 is 1.57 bits per heavy atom. The van der Waals surface area contributed by atoms with Crippen LogP contribution in [-0.2, 0) is 42.8 Å². The van der Waals surface area contributed by atoms with E-state index >= 15 is 0 Å². The maximum Gasteiger partial charge on any atom is 1.00 e. The third kappa shape index (κ3) is 11.3. The molecule has 0 aromatic carbocycles. The van der Waals surface area contributed by atoms with Gasteiger partial charge in [0.05, 0.1) is 47.8 Å². The van der Waals surface area contributed by atoms with Crippen molar-refractivity contribution >= 4 is 17.7 Å². The van der Waals surface area contributed by atoms with Crippen LogP contribution in [0.15, 0.2) is 12.2 Å². The third-order valence-corrected chi connectivity index (χ3v) is 15.6. The van der Waals surface area contributed by atoms with Gasteiger partial charge in [-0.25, -0.2) is 0 Å². The molecule has 5 heterocycles. The van der Waals surface area contributed by atoms with E-state index in [1.165, 1.54) is 0 Å². The predicted octanol–water partition coefficient (Wildman–Crippen LogP) is 3.99. The normalized spacial score (nSPS) is 41.4. The quantitative estimate of drug-likeness (QED) is 0.0934. The second-order valence-electron chi connectivity index (χ2n) is 19.8. The molecule has 0 unspecified atom stereocenters. The predicted molar refractivity (Wildman–Crippen MR) is 224 cm³/mol. The largest absolute Gasteiger partial charge is 1.00 e. The van der Waals surface area contributed by atoms with Gasteiger partial charge >= 0.3 is 57.4 Å². The number of hydrogen-bond acceptors (Lipinski definition) is 12. The molecule has 0 radical (unpaired) electrons. The smallest absolute Gasteiger partial charge is 0.550 e. The molecule has 2 N–H and O–H groups in total. The number of esters is 1. The van der Waals surface area contributed by atoms with Crippen molar-refractivity contribution < 1.29 is 110 Å². The first kappa shape index (κ1) is 53.3. The van der Waals surface area contributed by atoms with Crippen LogP contribution in [-0.4, -0.2) is 93.4 Å². The number of ketones is 1. The molecule has 0 saturated carbocycles. The number of carboxylic acid groups (broad SMARTS) is 1. The van der Waals surface area contributed by atoms with Gasteiger partial charge in [-0.05, 0) is 102 Å². The number of aliphatic carboxylic acids is 1. The molecule has 0 aromatic rings. The molecular weight excluding hydrogens is 808 g/mol. The zero-order valence-electron chi connectivity index (χ0n) is 39.6. The van der Waals surface area contributed by atoms with Crippen molar-refractivity contribution in [3.05, 3.63) is 12.2 Å². The van der Waals surface area contributed by atoms with Crippen molar-refractivity contribution in [2.75, 3.05) is 0 Å². The van der Waals surface area contributed by atoms with Crippen molar-refractivity contribution in [1.82, 2.24) is 0 Å². The van der Waals surface area contributed by atoms with E-state index in [0.29, 0.717) is 57.8 Å². The molecule has 4 saturated heterocycles. The number of rotatable bonds is 17. The minimum atomic E-state index is -1.39.